The van der Waals surface area contributed by atoms with Crippen LogP contribution in [0.3, 0.4) is 0 Å². The first-order valence-electron chi connectivity index (χ1n) is 8.41. The molecule has 0 fully saturated rings. The van der Waals surface area contributed by atoms with Crippen molar-refractivity contribution in [3.63, 3.8) is 0 Å². The number of hydrogen-bond donors (Lipinski definition) is 0. The third kappa shape index (κ3) is 3.96. The zero-order valence-corrected chi connectivity index (χ0v) is 14.5. The van der Waals surface area contributed by atoms with E-state index in [2.05, 4.69) is 0 Å². The standard InChI is InChI=1S/C22H15F5O/c23-21(24,20(28)17-9-5-2-6-10-17)19(15-7-3-1-4-8-15)16-11-13-18(14-12-16)22(25,26)27/h1-14,19H. The number of hydrogen-bond acceptors (Lipinski definition) is 1. The van der Waals surface area contributed by atoms with E-state index in [0.29, 0.717) is 0 Å². The van der Waals surface area contributed by atoms with Gasteiger partial charge in [0.05, 0.1) is 11.5 Å². The topological polar surface area (TPSA) is 17.1 Å². The van der Waals surface area contributed by atoms with Gasteiger partial charge in [0.15, 0.2) is 0 Å². The van der Waals surface area contributed by atoms with Crippen molar-refractivity contribution in [3.05, 3.63) is 107 Å². The summed E-state index contributed by atoms with van der Waals surface area (Å²) in [6.45, 7) is 0. The van der Waals surface area contributed by atoms with Gasteiger partial charge in [-0.25, -0.2) is 0 Å². The van der Waals surface area contributed by atoms with Crippen LogP contribution in [-0.4, -0.2) is 11.7 Å². The highest BCUT2D eigenvalue weighted by molar-refractivity contribution is 6.02. The van der Waals surface area contributed by atoms with Crippen molar-refractivity contribution >= 4 is 5.78 Å². The molecule has 0 heterocycles. The van der Waals surface area contributed by atoms with E-state index in [4.69, 9.17) is 0 Å². The van der Waals surface area contributed by atoms with Crippen molar-refractivity contribution in [2.45, 2.75) is 18.0 Å². The zero-order valence-electron chi connectivity index (χ0n) is 14.5. The van der Waals surface area contributed by atoms with Crippen molar-refractivity contribution in [3.8, 4) is 0 Å². The number of carbonyl (C=O) groups is 1. The molecule has 1 unspecified atom stereocenters. The molecule has 0 bridgehead atoms. The second kappa shape index (κ2) is 7.54. The largest absolute Gasteiger partial charge is 0.416 e. The van der Waals surface area contributed by atoms with Crippen LogP contribution in [0.4, 0.5) is 22.0 Å². The van der Waals surface area contributed by atoms with E-state index >= 15 is 8.78 Å². The van der Waals surface area contributed by atoms with Crippen LogP contribution in [0.25, 0.3) is 0 Å². The van der Waals surface area contributed by atoms with Gasteiger partial charge in [-0.2, -0.15) is 22.0 Å². The van der Waals surface area contributed by atoms with E-state index in [1.54, 1.807) is 12.1 Å². The number of carbonyl (C=O) groups excluding carboxylic acids is 1. The van der Waals surface area contributed by atoms with E-state index in [1.165, 1.54) is 48.5 Å². The molecule has 0 aliphatic heterocycles. The Bertz CT molecular complexity index is 932. The van der Waals surface area contributed by atoms with Gasteiger partial charge in [-0.15, -0.1) is 0 Å². The molecule has 3 rings (SSSR count). The fraction of sp³-hybridized carbons (Fsp3) is 0.136. The van der Waals surface area contributed by atoms with Crippen molar-refractivity contribution in [2.75, 3.05) is 0 Å². The minimum absolute atomic E-state index is 0.0755. The lowest BCUT2D eigenvalue weighted by Gasteiger charge is -2.27. The summed E-state index contributed by atoms with van der Waals surface area (Å²) < 4.78 is 69.1. The highest BCUT2D eigenvalue weighted by Crippen LogP contribution is 2.42. The molecule has 0 amide bonds. The quantitative estimate of drug-likeness (QED) is 0.366. The van der Waals surface area contributed by atoms with Gasteiger partial charge in [0.2, 0.25) is 5.78 Å². The molecule has 28 heavy (non-hydrogen) atoms. The van der Waals surface area contributed by atoms with Gasteiger partial charge in [0.25, 0.3) is 0 Å². The molecule has 6 heteroatoms. The normalized spacial score (nSPS) is 13.2. The molecule has 144 valence electrons. The Morgan fingerprint density at radius 3 is 1.61 bits per heavy atom. The van der Waals surface area contributed by atoms with Gasteiger partial charge in [-0.3, -0.25) is 4.79 Å². The van der Waals surface area contributed by atoms with Crippen LogP contribution < -0.4 is 0 Å². The third-order valence-corrected chi connectivity index (χ3v) is 4.41. The number of rotatable bonds is 5. The first kappa shape index (κ1) is 19.7. The zero-order chi connectivity index (χ0) is 20.4. The lowest BCUT2D eigenvalue weighted by molar-refractivity contribution is -0.137. The first-order chi connectivity index (χ1) is 13.2. The van der Waals surface area contributed by atoms with E-state index in [0.717, 1.165) is 24.3 Å². The van der Waals surface area contributed by atoms with E-state index in [1.807, 2.05) is 0 Å². The maximum absolute atomic E-state index is 15.3. The average molecular weight is 390 g/mol. The van der Waals surface area contributed by atoms with Crippen molar-refractivity contribution in [1.29, 1.82) is 0 Å². The summed E-state index contributed by atoms with van der Waals surface area (Å²) in [6.07, 6.45) is -4.58. The van der Waals surface area contributed by atoms with Crippen LogP contribution in [0.1, 0.15) is 33.0 Å². The Balaban J connectivity index is 2.09. The highest BCUT2D eigenvalue weighted by atomic mass is 19.4. The Labute approximate surface area is 158 Å². The molecule has 3 aromatic rings. The molecule has 0 spiro atoms. The molecule has 0 aromatic heterocycles. The second-order valence-electron chi connectivity index (χ2n) is 6.28. The summed E-state index contributed by atoms with van der Waals surface area (Å²) in [6, 6.07) is 18.1. The summed E-state index contributed by atoms with van der Waals surface area (Å²) in [5.74, 6) is -6.96. The van der Waals surface area contributed by atoms with Crippen LogP contribution in [-0.2, 0) is 6.18 Å². The van der Waals surface area contributed by atoms with Gasteiger partial charge in [0.1, 0.15) is 0 Å². The van der Waals surface area contributed by atoms with Gasteiger partial charge >= 0.3 is 12.1 Å². The number of benzene rings is 3. The second-order valence-corrected chi connectivity index (χ2v) is 6.28. The van der Waals surface area contributed by atoms with Gasteiger partial charge < -0.3 is 0 Å². The van der Waals surface area contributed by atoms with Crippen LogP contribution in [0.5, 0.6) is 0 Å². The predicted octanol–water partition coefficient (Wildman–Crippen LogP) is 6.36. The Morgan fingerprint density at radius 2 is 1.11 bits per heavy atom. The summed E-state index contributed by atoms with van der Waals surface area (Å²) in [4.78, 5) is 12.6. The van der Waals surface area contributed by atoms with Crippen LogP contribution in [0.2, 0.25) is 0 Å². The molecule has 1 atom stereocenters. The predicted molar refractivity (Wildman–Crippen MR) is 95.4 cm³/mol. The minimum atomic E-state index is -4.58. The molecule has 0 N–H and O–H groups in total. The SMILES string of the molecule is O=C(c1ccccc1)C(F)(F)C(c1ccccc1)c1ccc(C(F)(F)F)cc1. The van der Waals surface area contributed by atoms with Crippen molar-refractivity contribution in [1.82, 2.24) is 0 Å². The molecule has 1 nitrogen and oxygen atoms in total. The number of ketones is 1. The van der Waals surface area contributed by atoms with Crippen molar-refractivity contribution in [2.24, 2.45) is 0 Å². The van der Waals surface area contributed by atoms with Crippen molar-refractivity contribution < 1.29 is 26.7 Å². The number of Topliss-reactive ketones (excluding diaryl/α,β-unsaturated/α-hetero) is 1. The van der Waals surface area contributed by atoms with Gasteiger partial charge in [-0.05, 0) is 23.3 Å². The van der Waals surface area contributed by atoms with Gasteiger partial charge in [0, 0.05) is 5.56 Å². The monoisotopic (exact) mass is 390 g/mol. The molecule has 3 aromatic carbocycles. The lowest BCUT2D eigenvalue weighted by atomic mass is 9.82. The van der Waals surface area contributed by atoms with Crippen LogP contribution in [0, 0.1) is 0 Å². The Morgan fingerprint density at radius 1 is 0.643 bits per heavy atom. The fourth-order valence-corrected chi connectivity index (χ4v) is 3.03. The number of halogens is 5. The highest BCUT2D eigenvalue weighted by Gasteiger charge is 2.49. The van der Waals surface area contributed by atoms with E-state index < -0.39 is 29.4 Å². The average Bonchev–Trinajstić information content (AvgIpc) is 2.68. The minimum Gasteiger partial charge on any atom is -0.287 e. The number of alkyl halides is 5. The summed E-state index contributed by atoms with van der Waals surface area (Å²) in [5, 5.41) is 0. The maximum atomic E-state index is 15.3. The molecule has 0 aliphatic rings. The molecular formula is C22H15F5O. The molecule has 0 aliphatic carbocycles. The van der Waals surface area contributed by atoms with Crippen LogP contribution in [0.15, 0.2) is 84.9 Å². The molecule has 0 saturated carbocycles. The molecule has 0 radical (unpaired) electrons. The van der Waals surface area contributed by atoms with E-state index in [-0.39, 0.29) is 16.7 Å². The first-order valence-corrected chi connectivity index (χ1v) is 8.41. The maximum Gasteiger partial charge on any atom is 0.416 e. The smallest absolute Gasteiger partial charge is 0.287 e. The Kier molecular flexibility index (Phi) is 5.31. The lowest BCUT2D eigenvalue weighted by Crippen LogP contribution is -2.36. The van der Waals surface area contributed by atoms with Gasteiger partial charge in [-0.1, -0.05) is 72.8 Å². The molecule has 0 saturated heterocycles. The summed E-state index contributed by atoms with van der Waals surface area (Å²) in [5.41, 5.74) is -1.05. The Hall–Kier alpha value is -3.02. The summed E-state index contributed by atoms with van der Waals surface area (Å²) in [7, 11) is 0. The summed E-state index contributed by atoms with van der Waals surface area (Å²) >= 11 is 0. The fourth-order valence-electron chi connectivity index (χ4n) is 3.03. The molecular weight excluding hydrogens is 375 g/mol. The van der Waals surface area contributed by atoms with E-state index in [9.17, 15) is 18.0 Å². The van der Waals surface area contributed by atoms with Crippen LogP contribution >= 0.6 is 0 Å². The third-order valence-electron chi connectivity index (χ3n) is 4.41.